The molecule has 1 spiro atoms. The second-order valence-corrected chi connectivity index (χ2v) is 9.36. The van der Waals surface area contributed by atoms with Crippen molar-refractivity contribution in [1.82, 2.24) is 19.9 Å². The minimum atomic E-state index is -4.64. The molecule has 2 aromatic heterocycles. The molecule has 1 aliphatic carbocycles. The summed E-state index contributed by atoms with van der Waals surface area (Å²) in [6, 6.07) is 2.23. The summed E-state index contributed by atoms with van der Waals surface area (Å²) in [6.45, 7) is 4.85. The monoisotopic (exact) mass is 492 g/mol. The first-order chi connectivity index (χ1) is 16.6. The minimum Gasteiger partial charge on any atom is -0.474 e. The summed E-state index contributed by atoms with van der Waals surface area (Å²) in [5.41, 5.74) is 4.34. The summed E-state index contributed by atoms with van der Waals surface area (Å²) in [4.78, 5) is 28.4. The van der Waals surface area contributed by atoms with E-state index in [1.54, 1.807) is 6.92 Å². The molecule has 12 heteroatoms. The van der Waals surface area contributed by atoms with E-state index in [1.807, 2.05) is 9.80 Å². The number of likely N-dealkylation sites (tertiary alicyclic amines) is 1. The molecule has 4 heterocycles. The number of nitrogen functional groups attached to an aromatic ring is 1. The van der Waals surface area contributed by atoms with Gasteiger partial charge in [-0.25, -0.2) is 9.97 Å². The number of alkyl halides is 3. The van der Waals surface area contributed by atoms with Crippen molar-refractivity contribution in [3.63, 3.8) is 0 Å². The maximum atomic E-state index is 13.8. The molecule has 2 aromatic rings. The first-order valence-corrected chi connectivity index (χ1v) is 11.6. The molecule has 2 aliphatic heterocycles. The lowest BCUT2D eigenvalue weighted by Crippen LogP contribution is -2.41. The van der Waals surface area contributed by atoms with E-state index in [4.69, 9.17) is 15.2 Å². The van der Waals surface area contributed by atoms with Gasteiger partial charge in [-0.3, -0.25) is 4.79 Å². The van der Waals surface area contributed by atoms with Gasteiger partial charge in [0.2, 0.25) is 17.7 Å². The Morgan fingerprint density at radius 1 is 1.23 bits per heavy atom. The van der Waals surface area contributed by atoms with Crippen LogP contribution in [-0.2, 0) is 15.7 Å². The van der Waals surface area contributed by atoms with Crippen molar-refractivity contribution in [2.24, 2.45) is 5.41 Å². The van der Waals surface area contributed by atoms with Gasteiger partial charge in [-0.15, -0.1) is 0 Å². The highest BCUT2D eigenvalue weighted by atomic mass is 19.4. The molecule has 1 saturated carbocycles. The van der Waals surface area contributed by atoms with Gasteiger partial charge in [0, 0.05) is 56.3 Å². The van der Waals surface area contributed by atoms with E-state index in [9.17, 15) is 18.0 Å². The van der Waals surface area contributed by atoms with Crippen molar-refractivity contribution in [2.75, 3.05) is 50.0 Å². The quantitative estimate of drug-likeness (QED) is 0.695. The third-order valence-corrected chi connectivity index (χ3v) is 6.92. The summed E-state index contributed by atoms with van der Waals surface area (Å²) in [7, 11) is 0. The number of anilines is 2. The van der Waals surface area contributed by atoms with Crippen molar-refractivity contribution >= 4 is 17.7 Å². The summed E-state index contributed by atoms with van der Waals surface area (Å²) in [5.74, 6) is 0.272. The number of hydrogen-bond donors (Lipinski definition) is 1. The number of piperidine rings is 1. The van der Waals surface area contributed by atoms with Gasteiger partial charge in [-0.05, 0) is 25.3 Å². The van der Waals surface area contributed by atoms with Gasteiger partial charge in [0.15, 0.2) is 0 Å². The molecule has 0 bridgehead atoms. The predicted octanol–water partition coefficient (Wildman–Crippen LogP) is 2.76. The van der Waals surface area contributed by atoms with Crippen molar-refractivity contribution in [1.29, 1.82) is 0 Å². The lowest BCUT2D eigenvalue weighted by atomic mass is 9.94. The Hall–Kier alpha value is -3.15. The zero-order chi connectivity index (χ0) is 24.8. The number of amides is 1. The van der Waals surface area contributed by atoms with Gasteiger partial charge >= 0.3 is 6.18 Å². The van der Waals surface area contributed by atoms with Crippen molar-refractivity contribution in [2.45, 2.75) is 38.5 Å². The molecule has 5 rings (SSSR count). The Morgan fingerprint density at radius 3 is 2.71 bits per heavy atom. The molecule has 0 radical (unpaired) electrons. The van der Waals surface area contributed by atoms with E-state index in [0.717, 1.165) is 38.1 Å². The summed E-state index contributed by atoms with van der Waals surface area (Å²) in [5, 5.41) is 0. The van der Waals surface area contributed by atoms with Crippen molar-refractivity contribution in [3.8, 4) is 17.1 Å². The number of rotatable bonds is 4. The number of nitrogens with two attached hydrogens (primary N) is 1. The number of carbonyl (C=O) groups excluding carboxylic acids is 1. The first kappa shape index (κ1) is 23.6. The Morgan fingerprint density at radius 2 is 2.00 bits per heavy atom. The second-order valence-electron chi connectivity index (χ2n) is 9.36. The van der Waals surface area contributed by atoms with Crippen LogP contribution in [0.25, 0.3) is 11.3 Å². The number of nitrogens with zero attached hydrogens (tertiary/aromatic N) is 5. The van der Waals surface area contributed by atoms with E-state index in [-0.39, 0.29) is 46.3 Å². The molecule has 9 nitrogen and oxygen atoms in total. The molecular weight excluding hydrogens is 465 g/mol. The van der Waals surface area contributed by atoms with E-state index in [0.29, 0.717) is 32.8 Å². The highest BCUT2D eigenvalue weighted by Crippen LogP contribution is 2.54. The smallest absolute Gasteiger partial charge is 0.417 e. The van der Waals surface area contributed by atoms with Crippen LogP contribution in [0.5, 0.6) is 5.88 Å². The number of aromatic nitrogens is 3. The molecule has 0 aromatic carbocycles. The van der Waals surface area contributed by atoms with Crippen LogP contribution in [-0.4, -0.2) is 71.3 Å². The fourth-order valence-corrected chi connectivity index (χ4v) is 4.91. The highest BCUT2D eigenvalue weighted by molar-refractivity contribution is 5.73. The van der Waals surface area contributed by atoms with Crippen LogP contribution in [0.4, 0.5) is 24.9 Å². The van der Waals surface area contributed by atoms with Crippen molar-refractivity contribution < 1.29 is 27.4 Å². The average molecular weight is 493 g/mol. The lowest BCUT2D eigenvalue weighted by molar-refractivity contribution is -0.137. The second kappa shape index (κ2) is 8.81. The standard InChI is InChI=1S/C23H27F3N6O3/c1-14(33)32-4-2-3-22(13-32)11-18(22)35-20-10-17(29-21(30-20)31-5-7-34-8-6-31)15-12-28-19(27)9-16(15)23(24,25)26/h9-10,12,18H,2-8,11,13H2,1H3,(H2,27,28). The largest absolute Gasteiger partial charge is 0.474 e. The molecule has 188 valence electrons. The van der Waals surface area contributed by atoms with Gasteiger partial charge < -0.3 is 25.0 Å². The van der Waals surface area contributed by atoms with Crippen LogP contribution in [0.2, 0.25) is 0 Å². The number of hydrogen-bond acceptors (Lipinski definition) is 8. The molecule has 2 saturated heterocycles. The zero-order valence-electron chi connectivity index (χ0n) is 19.3. The molecule has 2 N–H and O–H groups in total. The van der Waals surface area contributed by atoms with E-state index < -0.39 is 11.7 Å². The Bertz CT molecular complexity index is 1120. The van der Waals surface area contributed by atoms with Crippen LogP contribution < -0.4 is 15.4 Å². The SMILES string of the molecule is CC(=O)N1CCCC2(CC2Oc2cc(-c3cnc(N)cc3C(F)(F)F)nc(N3CCOCC3)n2)C1. The number of carbonyl (C=O) groups is 1. The normalized spacial score (nSPS) is 24.5. The van der Waals surface area contributed by atoms with E-state index >= 15 is 0 Å². The van der Waals surface area contributed by atoms with Crippen LogP contribution in [0.15, 0.2) is 18.3 Å². The predicted molar refractivity (Wildman–Crippen MR) is 121 cm³/mol. The minimum absolute atomic E-state index is 0.0316. The summed E-state index contributed by atoms with van der Waals surface area (Å²) in [6.07, 6.45) is -1.15. The average Bonchev–Trinajstić information content (AvgIpc) is 3.48. The number of morpholine rings is 1. The van der Waals surface area contributed by atoms with Crippen LogP contribution in [0.3, 0.4) is 0 Å². The number of pyridine rings is 1. The van der Waals surface area contributed by atoms with Crippen LogP contribution in [0, 0.1) is 5.41 Å². The van der Waals surface area contributed by atoms with Gasteiger partial charge in [0.05, 0.1) is 24.5 Å². The number of halogens is 3. The molecule has 1 amide bonds. The number of ether oxygens (including phenoxy) is 2. The third kappa shape index (κ3) is 4.84. The molecule has 2 atom stereocenters. The first-order valence-electron chi connectivity index (χ1n) is 11.6. The highest BCUT2D eigenvalue weighted by Gasteiger charge is 2.58. The Labute approximate surface area is 200 Å². The fraction of sp³-hybridized carbons (Fsp3) is 0.565. The lowest BCUT2D eigenvalue weighted by Gasteiger charge is -2.32. The maximum absolute atomic E-state index is 13.8. The molecule has 35 heavy (non-hydrogen) atoms. The summed E-state index contributed by atoms with van der Waals surface area (Å²) < 4.78 is 53.0. The molecule has 2 unspecified atom stereocenters. The van der Waals surface area contributed by atoms with Crippen LogP contribution >= 0.6 is 0 Å². The van der Waals surface area contributed by atoms with Crippen LogP contribution in [0.1, 0.15) is 31.7 Å². The molecular formula is C23H27F3N6O3. The summed E-state index contributed by atoms with van der Waals surface area (Å²) >= 11 is 0. The van der Waals surface area contributed by atoms with Gasteiger partial charge in [0.1, 0.15) is 11.9 Å². The molecule has 3 fully saturated rings. The fourth-order valence-electron chi connectivity index (χ4n) is 4.91. The van der Waals surface area contributed by atoms with Gasteiger partial charge in [-0.2, -0.15) is 18.2 Å². The zero-order valence-corrected chi connectivity index (χ0v) is 19.3. The maximum Gasteiger partial charge on any atom is 0.417 e. The van der Waals surface area contributed by atoms with Gasteiger partial charge in [0.25, 0.3) is 0 Å². The Kier molecular flexibility index (Phi) is 5.94. The van der Waals surface area contributed by atoms with Gasteiger partial charge in [-0.1, -0.05) is 0 Å². The molecule has 3 aliphatic rings. The van der Waals surface area contributed by atoms with E-state index in [1.165, 1.54) is 6.07 Å². The Balaban J connectivity index is 1.49. The third-order valence-electron chi connectivity index (χ3n) is 6.92. The van der Waals surface area contributed by atoms with Crippen molar-refractivity contribution in [3.05, 3.63) is 23.9 Å². The topological polar surface area (TPSA) is 107 Å². The van der Waals surface area contributed by atoms with E-state index in [2.05, 4.69) is 15.0 Å².